The van der Waals surface area contributed by atoms with Crippen molar-refractivity contribution in [3.8, 4) is 5.75 Å². The summed E-state index contributed by atoms with van der Waals surface area (Å²) in [5.41, 5.74) is 0.220. The van der Waals surface area contributed by atoms with Crippen LogP contribution in [-0.4, -0.2) is 23.6 Å². The summed E-state index contributed by atoms with van der Waals surface area (Å²) in [5.74, 6) is 0.135. The van der Waals surface area contributed by atoms with Crippen LogP contribution in [0.2, 0.25) is 0 Å². The fourth-order valence-electron chi connectivity index (χ4n) is 2.27. The van der Waals surface area contributed by atoms with E-state index in [9.17, 15) is 14.9 Å². The number of esters is 1. The first-order valence-corrected chi connectivity index (χ1v) is 6.47. The highest BCUT2D eigenvalue weighted by Gasteiger charge is 2.42. The first kappa shape index (κ1) is 14.3. The maximum atomic E-state index is 11.5. The molecule has 0 aliphatic heterocycles. The van der Waals surface area contributed by atoms with Gasteiger partial charge in [0, 0.05) is 6.07 Å². The first-order chi connectivity index (χ1) is 9.46. The van der Waals surface area contributed by atoms with Gasteiger partial charge in [0.1, 0.15) is 11.4 Å². The molecule has 0 radical (unpaired) electrons. The van der Waals surface area contributed by atoms with Crippen molar-refractivity contribution in [3.05, 3.63) is 33.9 Å². The van der Waals surface area contributed by atoms with E-state index in [1.807, 2.05) is 6.92 Å². The second-order valence-electron chi connectivity index (χ2n) is 5.10. The van der Waals surface area contributed by atoms with Gasteiger partial charge in [0.2, 0.25) is 0 Å². The predicted octanol–water partition coefficient (Wildman–Crippen LogP) is 2.77. The third-order valence-electron chi connectivity index (χ3n) is 3.67. The average Bonchev–Trinajstić information content (AvgIpc) is 2.37. The lowest BCUT2D eigenvalue weighted by Gasteiger charge is -2.41. The number of aryl methyl sites for hydroxylation is 1. The molecule has 20 heavy (non-hydrogen) atoms. The summed E-state index contributed by atoms with van der Waals surface area (Å²) < 4.78 is 10.6. The number of nitro benzene ring substituents is 1. The van der Waals surface area contributed by atoms with Gasteiger partial charge < -0.3 is 9.47 Å². The fourth-order valence-corrected chi connectivity index (χ4v) is 2.27. The van der Waals surface area contributed by atoms with Crippen molar-refractivity contribution in [2.24, 2.45) is 0 Å². The van der Waals surface area contributed by atoms with Crippen LogP contribution in [0, 0.1) is 17.0 Å². The third kappa shape index (κ3) is 2.89. The van der Waals surface area contributed by atoms with Crippen molar-refractivity contribution < 1.29 is 19.2 Å². The molecule has 0 amide bonds. The molecule has 0 N–H and O–H groups in total. The van der Waals surface area contributed by atoms with Gasteiger partial charge in [-0.05, 0) is 37.8 Å². The number of methoxy groups -OCH3 is 1. The highest BCUT2D eigenvalue weighted by molar-refractivity contribution is 5.70. The number of carbonyl (C=O) groups excluding carboxylic acids is 1. The quantitative estimate of drug-likeness (QED) is 0.470. The van der Waals surface area contributed by atoms with Crippen molar-refractivity contribution in [1.82, 2.24) is 0 Å². The van der Waals surface area contributed by atoms with E-state index in [4.69, 9.17) is 4.74 Å². The molecule has 6 nitrogen and oxygen atoms in total. The zero-order chi connectivity index (χ0) is 14.8. The third-order valence-corrected chi connectivity index (χ3v) is 3.67. The zero-order valence-corrected chi connectivity index (χ0v) is 11.5. The molecule has 0 bridgehead atoms. The van der Waals surface area contributed by atoms with E-state index in [1.54, 1.807) is 6.07 Å². The molecule has 0 saturated heterocycles. The Morgan fingerprint density at radius 3 is 2.65 bits per heavy atom. The molecular weight excluding hydrogens is 262 g/mol. The Morgan fingerprint density at radius 1 is 1.45 bits per heavy atom. The van der Waals surface area contributed by atoms with E-state index < -0.39 is 10.5 Å². The molecule has 1 aromatic rings. The molecule has 0 heterocycles. The molecule has 1 fully saturated rings. The molecule has 1 aromatic carbocycles. The van der Waals surface area contributed by atoms with E-state index >= 15 is 0 Å². The Morgan fingerprint density at radius 2 is 2.15 bits per heavy atom. The van der Waals surface area contributed by atoms with Crippen LogP contribution < -0.4 is 4.74 Å². The molecule has 1 aliphatic rings. The lowest BCUT2D eigenvalue weighted by molar-refractivity contribution is -0.385. The van der Waals surface area contributed by atoms with Gasteiger partial charge in [0.05, 0.1) is 24.5 Å². The van der Waals surface area contributed by atoms with Gasteiger partial charge >= 0.3 is 5.97 Å². The van der Waals surface area contributed by atoms with Crippen LogP contribution >= 0.6 is 0 Å². The summed E-state index contributed by atoms with van der Waals surface area (Å²) in [4.78, 5) is 21.8. The van der Waals surface area contributed by atoms with Crippen LogP contribution in [0.15, 0.2) is 18.2 Å². The second-order valence-corrected chi connectivity index (χ2v) is 5.10. The molecule has 0 unspecified atom stereocenters. The maximum absolute atomic E-state index is 11.5. The minimum atomic E-state index is -0.576. The number of benzene rings is 1. The van der Waals surface area contributed by atoms with Crippen LogP contribution in [0.3, 0.4) is 0 Å². The van der Waals surface area contributed by atoms with E-state index in [1.165, 1.54) is 19.2 Å². The van der Waals surface area contributed by atoms with Gasteiger partial charge in [-0.15, -0.1) is 0 Å². The summed E-state index contributed by atoms with van der Waals surface area (Å²) in [7, 11) is 1.34. The van der Waals surface area contributed by atoms with Crippen molar-refractivity contribution in [1.29, 1.82) is 0 Å². The van der Waals surface area contributed by atoms with Gasteiger partial charge in [-0.25, -0.2) is 0 Å². The van der Waals surface area contributed by atoms with Gasteiger partial charge in [0.15, 0.2) is 0 Å². The van der Waals surface area contributed by atoms with Gasteiger partial charge in [-0.1, -0.05) is 0 Å². The van der Waals surface area contributed by atoms with Gasteiger partial charge in [0.25, 0.3) is 5.69 Å². The SMILES string of the molecule is COC(=O)CC1(Oc2cc([N+](=O)[O-])ccc2C)CCC1. The highest BCUT2D eigenvalue weighted by Crippen LogP contribution is 2.41. The molecular formula is C14H17NO5. The van der Waals surface area contributed by atoms with Gasteiger partial charge in [-0.3, -0.25) is 14.9 Å². The smallest absolute Gasteiger partial charge is 0.309 e. The minimum Gasteiger partial charge on any atom is -0.486 e. The number of nitro groups is 1. The Labute approximate surface area is 116 Å². The largest absolute Gasteiger partial charge is 0.486 e. The van der Waals surface area contributed by atoms with Crippen molar-refractivity contribution in [2.75, 3.05) is 7.11 Å². The van der Waals surface area contributed by atoms with Crippen LogP contribution in [0.5, 0.6) is 5.75 Å². The Hall–Kier alpha value is -2.11. The van der Waals surface area contributed by atoms with Crippen LogP contribution in [0.4, 0.5) is 5.69 Å². The summed E-state index contributed by atoms with van der Waals surface area (Å²) in [6, 6.07) is 4.50. The molecule has 0 atom stereocenters. The molecule has 0 aromatic heterocycles. The molecule has 1 aliphatic carbocycles. The van der Waals surface area contributed by atoms with E-state index in [0.717, 1.165) is 24.8 Å². The summed E-state index contributed by atoms with van der Waals surface area (Å²) >= 11 is 0. The normalized spacial score (nSPS) is 16.1. The summed E-state index contributed by atoms with van der Waals surface area (Å²) in [6.45, 7) is 1.82. The number of rotatable bonds is 5. The van der Waals surface area contributed by atoms with Crippen LogP contribution in [0.25, 0.3) is 0 Å². The molecule has 108 valence electrons. The Bertz CT molecular complexity index is 536. The second kappa shape index (κ2) is 5.48. The zero-order valence-electron chi connectivity index (χ0n) is 11.5. The van der Waals surface area contributed by atoms with Crippen LogP contribution in [0.1, 0.15) is 31.2 Å². The summed E-state index contributed by atoms with van der Waals surface area (Å²) in [6.07, 6.45) is 2.66. The number of ether oxygens (including phenoxy) is 2. The summed E-state index contributed by atoms with van der Waals surface area (Å²) in [5, 5.41) is 10.8. The van der Waals surface area contributed by atoms with Crippen LogP contribution in [-0.2, 0) is 9.53 Å². The number of hydrogen-bond acceptors (Lipinski definition) is 5. The predicted molar refractivity (Wildman–Crippen MR) is 71.7 cm³/mol. The average molecular weight is 279 g/mol. The monoisotopic (exact) mass is 279 g/mol. The van der Waals surface area contributed by atoms with E-state index in [0.29, 0.717) is 5.75 Å². The number of nitrogens with zero attached hydrogens (tertiary/aromatic N) is 1. The minimum absolute atomic E-state index is 0.0156. The maximum Gasteiger partial charge on any atom is 0.309 e. The van der Waals surface area contributed by atoms with E-state index in [-0.39, 0.29) is 18.1 Å². The number of carbonyl (C=O) groups is 1. The Kier molecular flexibility index (Phi) is 3.92. The number of hydrogen-bond donors (Lipinski definition) is 0. The van der Waals surface area contributed by atoms with E-state index in [2.05, 4.69) is 4.74 Å². The highest BCUT2D eigenvalue weighted by atomic mass is 16.6. The fraction of sp³-hybridized carbons (Fsp3) is 0.500. The van der Waals surface area contributed by atoms with Crippen molar-refractivity contribution in [2.45, 2.75) is 38.2 Å². The lowest BCUT2D eigenvalue weighted by Crippen LogP contribution is -2.45. The lowest BCUT2D eigenvalue weighted by atomic mass is 9.77. The molecule has 0 spiro atoms. The number of non-ortho nitro benzene ring substituents is 1. The van der Waals surface area contributed by atoms with Gasteiger partial charge in [-0.2, -0.15) is 0 Å². The standard InChI is InChI=1S/C14H17NO5/c1-10-4-5-11(15(17)18)8-12(10)20-14(6-3-7-14)9-13(16)19-2/h4-5,8H,3,6-7,9H2,1-2H3. The molecule has 2 rings (SSSR count). The Balaban J connectivity index is 2.21. The van der Waals surface area contributed by atoms with Crippen molar-refractivity contribution >= 4 is 11.7 Å². The topological polar surface area (TPSA) is 78.7 Å². The van der Waals surface area contributed by atoms with Crippen molar-refractivity contribution in [3.63, 3.8) is 0 Å². The first-order valence-electron chi connectivity index (χ1n) is 6.47. The molecule has 1 saturated carbocycles. The molecule has 6 heteroatoms.